The predicted octanol–water partition coefficient (Wildman–Crippen LogP) is 5.02. The topological polar surface area (TPSA) is 126 Å². The first-order chi connectivity index (χ1) is 19.0. The zero-order chi connectivity index (χ0) is 27.2. The third-order valence-corrected chi connectivity index (χ3v) is 6.37. The number of nitrogens with zero attached hydrogens (tertiary/aromatic N) is 3. The second-order valence-corrected chi connectivity index (χ2v) is 9.04. The Bertz CT molecular complexity index is 1490. The van der Waals surface area contributed by atoms with Gasteiger partial charge in [-0.3, -0.25) is 9.78 Å². The van der Waals surface area contributed by atoms with Crippen LogP contribution in [-0.4, -0.2) is 34.3 Å². The molecule has 4 aromatic rings. The van der Waals surface area contributed by atoms with Crippen molar-refractivity contribution in [3.63, 3.8) is 0 Å². The first-order valence-electron chi connectivity index (χ1n) is 12.4. The molecule has 0 radical (unpaired) electrons. The predicted molar refractivity (Wildman–Crippen MR) is 149 cm³/mol. The van der Waals surface area contributed by atoms with Crippen LogP contribution in [0.1, 0.15) is 29.2 Å². The van der Waals surface area contributed by atoms with Crippen LogP contribution in [0.2, 0.25) is 0 Å². The van der Waals surface area contributed by atoms with E-state index in [1.54, 1.807) is 53.6 Å². The van der Waals surface area contributed by atoms with Crippen LogP contribution in [0.4, 0.5) is 16.2 Å². The summed E-state index contributed by atoms with van der Waals surface area (Å²) in [4.78, 5) is 31.1. The molecule has 1 unspecified atom stereocenters. The molecule has 0 saturated carbocycles. The zero-order valence-corrected chi connectivity index (χ0v) is 20.9. The minimum absolute atomic E-state index is 0.00498. The van der Waals surface area contributed by atoms with Crippen molar-refractivity contribution in [1.29, 1.82) is 0 Å². The maximum absolute atomic E-state index is 12.9. The Balaban J connectivity index is 1.26. The van der Waals surface area contributed by atoms with E-state index in [9.17, 15) is 20.1 Å². The van der Waals surface area contributed by atoms with Gasteiger partial charge in [0.2, 0.25) is 0 Å². The highest BCUT2D eigenvalue weighted by Gasteiger charge is 2.25. The van der Waals surface area contributed by atoms with Gasteiger partial charge < -0.3 is 30.8 Å². The number of hydrogen-bond donors (Lipinski definition) is 3. The van der Waals surface area contributed by atoms with Crippen molar-refractivity contribution in [1.82, 2.24) is 10.3 Å². The summed E-state index contributed by atoms with van der Waals surface area (Å²) in [7, 11) is 0. The zero-order valence-electron chi connectivity index (χ0n) is 20.9. The summed E-state index contributed by atoms with van der Waals surface area (Å²) in [6, 6.07) is 23.4. The average molecular weight is 521 g/mol. The van der Waals surface area contributed by atoms with Gasteiger partial charge in [-0.05, 0) is 53.9 Å². The Labute approximate surface area is 225 Å². The number of amides is 3. The van der Waals surface area contributed by atoms with Gasteiger partial charge in [-0.15, -0.1) is 0 Å². The molecule has 1 aromatic heterocycles. The molecule has 0 spiro atoms. The summed E-state index contributed by atoms with van der Waals surface area (Å²) in [5.41, 5.74) is 3.17. The number of pyridine rings is 1. The van der Waals surface area contributed by atoms with Crippen LogP contribution in [0.15, 0.2) is 97.3 Å². The lowest BCUT2D eigenvalue weighted by Gasteiger charge is -2.29. The van der Waals surface area contributed by atoms with Crippen molar-refractivity contribution in [3.05, 3.63) is 119 Å². The summed E-state index contributed by atoms with van der Waals surface area (Å²) >= 11 is 0. The number of hydrogen-bond acceptors (Lipinski definition) is 5. The Hall–Kier alpha value is -5.18. The molecule has 9 heteroatoms. The summed E-state index contributed by atoms with van der Waals surface area (Å²) < 4.78 is 5.50. The Morgan fingerprint density at radius 3 is 2.56 bits per heavy atom. The smallest absolute Gasteiger partial charge is 0.319 e. The Morgan fingerprint density at radius 1 is 1.03 bits per heavy atom. The van der Waals surface area contributed by atoms with Crippen LogP contribution in [0, 0.1) is 0 Å². The van der Waals surface area contributed by atoms with Gasteiger partial charge in [-0.1, -0.05) is 48.5 Å². The highest BCUT2D eigenvalue weighted by atomic mass is 16.5. The number of aromatic nitrogens is 1. The van der Waals surface area contributed by atoms with Gasteiger partial charge in [0.1, 0.15) is 11.5 Å². The summed E-state index contributed by atoms with van der Waals surface area (Å²) in [5, 5.41) is 26.7. The number of aromatic hydroxyl groups is 1. The number of nitrogens with one attached hydrogen (secondary N) is 2. The van der Waals surface area contributed by atoms with E-state index in [0.717, 1.165) is 11.3 Å². The standard InChI is InChI=1S/C30H26N5O4/c31-24(21-6-5-15-32-17-21)16-25(23-7-1-3-9-27(23)36)34-30(38)33-22-13-11-20(12-14-22)18-35-26-8-2-4-10-28(26)39-19-29(35)37/h1-15,17,25,36H,16,18-19H2,(H2,33,34,38)/q-1. The fraction of sp³-hybridized carbons (Fsp3) is 0.133. The van der Waals surface area contributed by atoms with Gasteiger partial charge >= 0.3 is 6.03 Å². The van der Waals surface area contributed by atoms with E-state index in [1.165, 1.54) is 12.3 Å². The van der Waals surface area contributed by atoms with Gasteiger partial charge in [0.15, 0.2) is 6.61 Å². The normalized spacial score (nSPS) is 13.1. The van der Waals surface area contributed by atoms with Gasteiger partial charge in [0.05, 0.1) is 18.3 Å². The maximum atomic E-state index is 12.9. The largest absolute Gasteiger partial charge is 0.807 e. The van der Waals surface area contributed by atoms with E-state index in [4.69, 9.17) is 4.74 Å². The molecular formula is C30H26N5O4-. The molecule has 5 rings (SSSR count). The molecule has 3 amide bonds. The monoisotopic (exact) mass is 520 g/mol. The van der Waals surface area contributed by atoms with Crippen LogP contribution in [-0.2, 0) is 11.3 Å². The van der Waals surface area contributed by atoms with E-state index in [2.05, 4.69) is 15.6 Å². The molecule has 0 saturated heterocycles. The number of ether oxygens (including phenoxy) is 1. The van der Waals surface area contributed by atoms with Crippen LogP contribution in [0.3, 0.4) is 0 Å². The number of fused-ring (bicyclic) bond motifs is 1. The first kappa shape index (κ1) is 25.5. The third kappa shape index (κ3) is 6.04. The van der Waals surface area contributed by atoms with E-state index < -0.39 is 12.1 Å². The fourth-order valence-electron chi connectivity index (χ4n) is 4.39. The number of rotatable bonds is 8. The minimum Gasteiger partial charge on any atom is -0.807 e. The average Bonchev–Trinajstić information content (AvgIpc) is 2.96. The SMILES string of the molecule is [N-]=C(CC(NC(=O)Nc1ccc(CN2C(=O)COc3ccccc32)cc1)c1ccccc1O)c1cccnc1. The molecule has 0 fully saturated rings. The molecule has 0 aliphatic carbocycles. The number of anilines is 2. The number of carbonyl (C=O) groups excluding carboxylic acids is 2. The molecule has 3 aromatic carbocycles. The summed E-state index contributed by atoms with van der Waals surface area (Å²) in [5.74, 6) is 0.542. The summed E-state index contributed by atoms with van der Waals surface area (Å²) in [6.07, 6.45) is 3.18. The Morgan fingerprint density at radius 2 is 1.79 bits per heavy atom. The summed E-state index contributed by atoms with van der Waals surface area (Å²) in [6.45, 7) is 0.354. The molecule has 2 heterocycles. The lowest BCUT2D eigenvalue weighted by Crippen LogP contribution is -2.38. The number of carbonyl (C=O) groups is 2. The van der Waals surface area contributed by atoms with Gasteiger partial charge in [0, 0.05) is 23.6 Å². The molecule has 1 atom stereocenters. The molecule has 9 nitrogen and oxygen atoms in total. The van der Waals surface area contributed by atoms with Crippen LogP contribution >= 0.6 is 0 Å². The molecule has 39 heavy (non-hydrogen) atoms. The van der Waals surface area contributed by atoms with Crippen molar-refractivity contribution < 1.29 is 19.4 Å². The second kappa shape index (κ2) is 11.5. The molecule has 3 N–H and O–H groups in total. The Kier molecular flexibility index (Phi) is 7.49. The van der Waals surface area contributed by atoms with Crippen molar-refractivity contribution in [3.8, 4) is 11.5 Å². The van der Waals surface area contributed by atoms with Crippen LogP contribution in [0.5, 0.6) is 11.5 Å². The van der Waals surface area contributed by atoms with Crippen LogP contribution in [0.25, 0.3) is 5.41 Å². The third-order valence-electron chi connectivity index (χ3n) is 6.37. The number of phenols is 1. The van der Waals surface area contributed by atoms with Gasteiger partial charge in [-0.25, -0.2) is 4.79 Å². The fourth-order valence-corrected chi connectivity index (χ4v) is 4.39. The van der Waals surface area contributed by atoms with Crippen molar-refractivity contribution in [2.45, 2.75) is 19.0 Å². The molecular weight excluding hydrogens is 494 g/mol. The molecule has 1 aliphatic rings. The number of benzene rings is 3. The number of urea groups is 1. The van der Waals surface area contributed by atoms with Crippen LogP contribution < -0.4 is 20.3 Å². The second-order valence-electron chi connectivity index (χ2n) is 9.04. The first-order valence-corrected chi connectivity index (χ1v) is 12.4. The van der Waals surface area contributed by atoms with E-state index in [1.807, 2.05) is 36.4 Å². The highest BCUT2D eigenvalue weighted by Crippen LogP contribution is 2.33. The van der Waals surface area contributed by atoms with E-state index in [-0.39, 0.29) is 30.4 Å². The number of phenolic OH excluding ortho intramolecular Hbond substituents is 1. The lowest BCUT2D eigenvalue weighted by atomic mass is 9.97. The molecule has 1 aliphatic heterocycles. The molecule has 196 valence electrons. The highest BCUT2D eigenvalue weighted by molar-refractivity contribution is 6.03. The maximum Gasteiger partial charge on any atom is 0.319 e. The molecule has 0 bridgehead atoms. The number of para-hydroxylation sites is 3. The van der Waals surface area contributed by atoms with Crippen molar-refractivity contribution >= 4 is 29.0 Å². The van der Waals surface area contributed by atoms with Crippen molar-refractivity contribution in [2.24, 2.45) is 0 Å². The van der Waals surface area contributed by atoms with Gasteiger partial charge in [0.25, 0.3) is 5.91 Å². The minimum atomic E-state index is -0.710. The van der Waals surface area contributed by atoms with Gasteiger partial charge in [-0.2, -0.15) is 5.71 Å². The van der Waals surface area contributed by atoms with E-state index >= 15 is 0 Å². The van der Waals surface area contributed by atoms with Crippen molar-refractivity contribution in [2.75, 3.05) is 16.8 Å². The lowest BCUT2D eigenvalue weighted by molar-refractivity contribution is -0.121. The van der Waals surface area contributed by atoms with E-state index in [0.29, 0.717) is 29.1 Å². The quantitative estimate of drug-likeness (QED) is 0.281.